The summed E-state index contributed by atoms with van der Waals surface area (Å²) in [6.07, 6.45) is 0.655. The molecule has 1 heterocycles. The predicted octanol–water partition coefficient (Wildman–Crippen LogP) is 3.38. The molecule has 0 aliphatic carbocycles. The van der Waals surface area contributed by atoms with E-state index in [1.165, 1.54) is 16.0 Å². The number of benzene rings is 2. The average molecular weight is 397 g/mol. The molecule has 6 nitrogen and oxygen atoms in total. The molecule has 2 amide bonds. The summed E-state index contributed by atoms with van der Waals surface area (Å²) in [5.41, 5.74) is 1.63. The van der Waals surface area contributed by atoms with Crippen molar-refractivity contribution >= 4 is 17.5 Å². The average Bonchev–Trinajstić information content (AvgIpc) is 3.18. The molecule has 152 valence electrons. The Hall–Kier alpha value is -3.22. The summed E-state index contributed by atoms with van der Waals surface area (Å²) < 4.78 is 19.8. The number of rotatable bonds is 6. The highest BCUT2D eigenvalue weighted by atomic mass is 19.1. The van der Waals surface area contributed by atoms with Gasteiger partial charge in [-0.3, -0.25) is 9.59 Å². The lowest BCUT2D eigenvalue weighted by molar-refractivity contribution is -0.140. The highest BCUT2D eigenvalue weighted by Crippen LogP contribution is 2.37. The number of ether oxygens (including phenoxy) is 1. The molecule has 0 unspecified atom stereocenters. The number of methoxy groups -OCH3 is 1. The third-order valence-corrected chi connectivity index (χ3v) is 4.95. The summed E-state index contributed by atoms with van der Waals surface area (Å²) in [6, 6.07) is 13.3. The van der Waals surface area contributed by atoms with E-state index in [0.717, 1.165) is 5.56 Å². The normalized spacial score (nSPS) is 15.8. The number of hydrazone groups is 1. The number of para-hydroxylation sites is 1. The molecule has 2 aromatic rings. The first-order chi connectivity index (χ1) is 14.0. The van der Waals surface area contributed by atoms with Gasteiger partial charge in [0.25, 0.3) is 5.91 Å². The van der Waals surface area contributed by atoms with Gasteiger partial charge in [-0.2, -0.15) is 5.10 Å². The molecule has 0 saturated heterocycles. The second kappa shape index (κ2) is 8.86. The van der Waals surface area contributed by atoms with Crippen molar-refractivity contribution in [3.05, 3.63) is 65.5 Å². The maximum atomic E-state index is 14.3. The number of amides is 2. The van der Waals surface area contributed by atoms with Crippen LogP contribution in [0, 0.1) is 5.82 Å². The molecule has 29 heavy (non-hydrogen) atoms. The zero-order valence-electron chi connectivity index (χ0n) is 16.8. The molecule has 1 aliphatic heterocycles. The van der Waals surface area contributed by atoms with E-state index in [-0.39, 0.29) is 18.4 Å². The number of halogens is 1. The minimum absolute atomic E-state index is 0.105. The molecule has 0 N–H and O–H groups in total. The molecule has 0 saturated carbocycles. The first kappa shape index (κ1) is 20.5. The molecule has 3 rings (SSSR count). The smallest absolute Gasteiger partial charge is 0.262 e. The standard InChI is InChI=1S/C22H24FN3O3/c1-4-21(27)25(2)14-22(28)26-19(16-10-6-8-12-20(16)29-3)13-18(24-26)15-9-5-7-11-17(15)23/h5-12,19H,4,13-14H2,1-3H3/t19-/m0/s1. The summed E-state index contributed by atoms with van der Waals surface area (Å²) in [5.74, 6) is -0.239. The number of likely N-dealkylation sites (N-methyl/N-ethyl adjacent to an activating group) is 1. The predicted molar refractivity (Wildman–Crippen MR) is 108 cm³/mol. The van der Waals surface area contributed by atoms with Crippen LogP contribution < -0.4 is 4.74 Å². The van der Waals surface area contributed by atoms with Crippen molar-refractivity contribution in [3.8, 4) is 5.75 Å². The van der Waals surface area contributed by atoms with Gasteiger partial charge in [0.15, 0.2) is 0 Å². The van der Waals surface area contributed by atoms with Gasteiger partial charge in [-0.15, -0.1) is 0 Å². The Balaban J connectivity index is 1.97. The maximum absolute atomic E-state index is 14.3. The van der Waals surface area contributed by atoms with Crippen LogP contribution in [-0.4, -0.2) is 48.1 Å². The van der Waals surface area contributed by atoms with Gasteiger partial charge in [-0.1, -0.05) is 43.3 Å². The molecule has 0 aromatic heterocycles. The fourth-order valence-electron chi connectivity index (χ4n) is 3.42. The van der Waals surface area contributed by atoms with Crippen molar-refractivity contribution in [3.63, 3.8) is 0 Å². The Morgan fingerprint density at radius 1 is 1.21 bits per heavy atom. The van der Waals surface area contributed by atoms with Crippen molar-refractivity contribution in [2.24, 2.45) is 5.10 Å². The van der Waals surface area contributed by atoms with E-state index < -0.39 is 11.9 Å². The van der Waals surface area contributed by atoms with E-state index in [1.807, 2.05) is 24.3 Å². The second-order valence-corrected chi connectivity index (χ2v) is 6.83. The Morgan fingerprint density at radius 2 is 1.90 bits per heavy atom. The summed E-state index contributed by atoms with van der Waals surface area (Å²) in [5, 5.41) is 5.80. The molecule has 0 radical (unpaired) electrons. The second-order valence-electron chi connectivity index (χ2n) is 6.83. The largest absolute Gasteiger partial charge is 0.496 e. The molecule has 0 spiro atoms. The molecule has 1 aliphatic rings. The van der Waals surface area contributed by atoms with Crippen LogP contribution in [0.5, 0.6) is 5.75 Å². The van der Waals surface area contributed by atoms with E-state index in [9.17, 15) is 14.0 Å². The quantitative estimate of drug-likeness (QED) is 0.751. The van der Waals surface area contributed by atoms with Crippen LogP contribution in [0.4, 0.5) is 4.39 Å². The summed E-state index contributed by atoms with van der Waals surface area (Å²) in [4.78, 5) is 26.3. The molecule has 7 heteroatoms. The van der Waals surface area contributed by atoms with Crippen molar-refractivity contribution in [2.45, 2.75) is 25.8 Å². The summed E-state index contributed by atoms with van der Waals surface area (Å²) in [7, 11) is 3.14. The zero-order valence-corrected chi connectivity index (χ0v) is 16.8. The van der Waals surface area contributed by atoms with Crippen LogP contribution in [-0.2, 0) is 9.59 Å². The molecular weight excluding hydrogens is 373 g/mol. The van der Waals surface area contributed by atoms with Gasteiger partial charge in [0.1, 0.15) is 18.1 Å². The van der Waals surface area contributed by atoms with Crippen LogP contribution in [0.1, 0.15) is 36.9 Å². The lowest BCUT2D eigenvalue weighted by Crippen LogP contribution is -2.39. The minimum Gasteiger partial charge on any atom is -0.496 e. The first-order valence-corrected chi connectivity index (χ1v) is 9.47. The summed E-state index contributed by atoms with van der Waals surface area (Å²) >= 11 is 0. The molecule has 0 bridgehead atoms. The van der Waals surface area contributed by atoms with Crippen LogP contribution >= 0.6 is 0 Å². The van der Waals surface area contributed by atoms with Gasteiger partial charge in [-0.05, 0) is 12.1 Å². The van der Waals surface area contributed by atoms with E-state index in [1.54, 1.807) is 39.3 Å². The Kier molecular flexibility index (Phi) is 6.26. The highest BCUT2D eigenvalue weighted by molar-refractivity contribution is 6.03. The zero-order chi connectivity index (χ0) is 21.0. The monoisotopic (exact) mass is 397 g/mol. The minimum atomic E-state index is -0.446. The Bertz CT molecular complexity index is 944. The first-order valence-electron chi connectivity index (χ1n) is 9.47. The number of carbonyl (C=O) groups excluding carboxylic acids is 2. The van der Waals surface area contributed by atoms with Crippen molar-refractivity contribution in [1.29, 1.82) is 0 Å². The van der Waals surface area contributed by atoms with E-state index in [2.05, 4.69) is 5.10 Å². The van der Waals surface area contributed by atoms with E-state index in [0.29, 0.717) is 29.9 Å². The van der Waals surface area contributed by atoms with Gasteiger partial charge in [0, 0.05) is 31.0 Å². The third-order valence-electron chi connectivity index (χ3n) is 4.95. The highest BCUT2D eigenvalue weighted by Gasteiger charge is 2.35. The topological polar surface area (TPSA) is 62.2 Å². The molecule has 1 atom stereocenters. The number of carbonyl (C=O) groups is 2. The number of hydrogen-bond acceptors (Lipinski definition) is 4. The Morgan fingerprint density at radius 3 is 2.59 bits per heavy atom. The van der Waals surface area contributed by atoms with Gasteiger partial charge in [0.05, 0.1) is 18.9 Å². The molecule has 0 fully saturated rings. The Labute approximate surface area is 169 Å². The van der Waals surface area contributed by atoms with Crippen LogP contribution in [0.25, 0.3) is 0 Å². The maximum Gasteiger partial charge on any atom is 0.262 e. The van der Waals surface area contributed by atoms with Gasteiger partial charge in [0.2, 0.25) is 5.91 Å². The number of hydrogen-bond donors (Lipinski definition) is 0. The third kappa shape index (κ3) is 4.29. The molecular formula is C22H24FN3O3. The van der Waals surface area contributed by atoms with Crippen LogP contribution in [0.3, 0.4) is 0 Å². The van der Waals surface area contributed by atoms with Gasteiger partial charge < -0.3 is 9.64 Å². The van der Waals surface area contributed by atoms with Crippen LogP contribution in [0.2, 0.25) is 0 Å². The number of nitrogens with zero attached hydrogens (tertiary/aromatic N) is 3. The SMILES string of the molecule is CCC(=O)N(C)CC(=O)N1N=C(c2ccccc2F)C[C@H]1c1ccccc1OC. The van der Waals surface area contributed by atoms with Crippen LogP contribution in [0.15, 0.2) is 53.6 Å². The van der Waals surface area contributed by atoms with Gasteiger partial charge in [-0.25, -0.2) is 9.40 Å². The van der Waals surface area contributed by atoms with Gasteiger partial charge >= 0.3 is 0 Å². The fourth-order valence-corrected chi connectivity index (χ4v) is 3.42. The van der Waals surface area contributed by atoms with Crippen molar-refractivity contribution < 1.29 is 18.7 Å². The lowest BCUT2D eigenvalue weighted by Gasteiger charge is -2.25. The molecule has 2 aromatic carbocycles. The van der Waals surface area contributed by atoms with E-state index in [4.69, 9.17) is 4.74 Å². The van der Waals surface area contributed by atoms with Crippen molar-refractivity contribution in [2.75, 3.05) is 20.7 Å². The van der Waals surface area contributed by atoms with Crippen molar-refractivity contribution in [1.82, 2.24) is 9.91 Å². The fraction of sp³-hybridized carbons (Fsp3) is 0.318. The van der Waals surface area contributed by atoms with E-state index >= 15 is 0 Å². The lowest BCUT2D eigenvalue weighted by atomic mass is 9.97. The summed E-state index contributed by atoms with van der Waals surface area (Å²) in [6.45, 7) is 1.64.